The topological polar surface area (TPSA) is 88.5 Å². The van der Waals surface area contributed by atoms with E-state index in [0.717, 1.165) is 16.7 Å². The molecule has 0 spiro atoms. The lowest BCUT2D eigenvalue weighted by Gasteiger charge is -2.18. The number of hydrogen-bond donors (Lipinski definition) is 2. The van der Waals surface area contributed by atoms with Crippen LogP contribution in [0.15, 0.2) is 77.7 Å². The van der Waals surface area contributed by atoms with Crippen LogP contribution in [0.4, 0.5) is 10.3 Å². The van der Waals surface area contributed by atoms with Gasteiger partial charge in [-0.05, 0) is 41.5 Å². The third-order valence-corrected chi connectivity index (χ3v) is 5.77. The van der Waals surface area contributed by atoms with Crippen molar-refractivity contribution >= 4 is 11.8 Å². The van der Waals surface area contributed by atoms with Crippen molar-refractivity contribution in [3.63, 3.8) is 0 Å². The van der Waals surface area contributed by atoms with E-state index in [1.54, 1.807) is 41.3 Å². The van der Waals surface area contributed by atoms with Crippen molar-refractivity contribution in [2.24, 2.45) is 0 Å². The van der Waals surface area contributed by atoms with Gasteiger partial charge in [0.2, 0.25) is 5.95 Å². The summed E-state index contributed by atoms with van der Waals surface area (Å²) in [5, 5.41) is 13.9. The van der Waals surface area contributed by atoms with E-state index in [0.29, 0.717) is 35.3 Å². The molecule has 5 aromatic rings. The fourth-order valence-electron chi connectivity index (χ4n) is 4.29. The maximum atomic E-state index is 13.5. The van der Waals surface area contributed by atoms with Gasteiger partial charge in [0.1, 0.15) is 23.5 Å². The van der Waals surface area contributed by atoms with E-state index in [4.69, 9.17) is 9.40 Å². The molecule has 0 saturated carbocycles. The van der Waals surface area contributed by atoms with Gasteiger partial charge in [-0.1, -0.05) is 24.3 Å². The van der Waals surface area contributed by atoms with Crippen LogP contribution in [-0.2, 0) is 6.42 Å². The monoisotopic (exact) mass is 427 g/mol. The molecule has 3 heterocycles. The zero-order valence-corrected chi connectivity index (χ0v) is 16.8. The van der Waals surface area contributed by atoms with Crippen molar-refractivity contribution in [1.82, 2.24) is 19.4 Å². The van der Waals surface area contributed by atoms with Crippen LogP contribution < -0.4 is 5.32 Å². The number of rotatable bonds is 4. The number of fused-ring (bicyclic) bond motifs is 2. The minimum absolute atomic E-state index is 0.294. The summed E-state index contributed by atoms with van der Waals surface area (Å²) in [6.07, 6.45) is 4.99. The number of nitrogens with one attached hydrogen (secondary N) is 1. The van der Waals surface area contributed by atoms with Crippen molar-refractivity contribution in [2.45, 2.75) is 18.6 Å². The molecular weight excluding hydrogens is 409 g/mol. The van der Waals surface area contributed by atoms with Gasteiger partial charge in [-0.15, -0.1) is 0 Å². The molecule has 0 bridgehead atoms. The Morgan fingerprint density at radius 3 is 2.78 bits per heavy atom. The maximum Gasteiger partial charge on any atom is 0.306 e. The summed E-state index contributed by atoms with van der Waals surface area (Å²) in [4.78, 5) is 13.7. The van der Waals surface area contributed by atoms with Gasteiger partial charge >= 0.3 is 5.84 Å². The fraction of sp³-hybridized carbons (Fsp3) is 0.125. The molecule has 2 aromatic carbocycles. The summed E-state index contributed by atoms with van der Waals surface area (Å²) >= 11 is 0. The van der Waals surface area contributed by atoms with E-state index in [1.165, 1.54) is 12.1 Å². The molecule has 32 heavy (non-hydrogen) atoms. The Morgan fingerprint density at radius 2 is 1.91 bits per heavy atom. The van der Waals surface area contributed by atoms with E-state index < -0.39 is 6.10 Å². The molecular formula is C24H18FN5O2. The van der Waals surface area contributed by atoms with Crippen LogP contribution in [0.25, 0.3) is 28.5 Å². The Bertz CT molecular complexity index is 1430. The lowest BCUT2D eigenvalue weighted by molar-refractivity contribution is 0.165. The number of anilines is 1. The molecule has 0 saturated heterocycles. The van der Waals surface area contributed by atoms with Crippen LogP contribution in [0, 0.1) is 5.82 Å². The highest BCUT2D eigenvalue weighted by atomic mass is 19.1. The molecule has 0 amide bonds. The number of aromatic nitrogens is 4. The summed E-state index contributed by atoms with van der Waals surface area (Å²) in [5.74, 6) is 0.487. The number of benzene rings is 2. The number of nitrogens with zero attached hydrogens (tertiary/aromatic N) is 4. The Morgan fingerprint density at radius 1 is 1.06 bits per heavy atom. The molecule has 7 nitrogen and oxygen atoms in total. The minimum atomic E-state index is -0.565. The SMILES string of the molecule is O[C@H]1Cc2ccccc2[C@H]1Nc1nccc(-c2c(-c3ccc(F)cc3)nc3occn23)n1. The second-order valence-corrected chi connectivity index (χ2v) is 7.73. The Labute approximate surface area is 182 Å². The van der Waals surface area contributed by atoms with Crippen LogP contribution in [0.3, 0.4) is 0 Å². The molecule has 6 rings (SSSR count). The standard InChI is InChI=1S/C24H18FN5O2/c25-16-7-5-14(6-8-16)20-22(30-11-12-32-24(30)29-20)18-9-10-26-23(27-18)28-21-17-4-2-1-3-15(17)13-19(21)31/h1-12,19,21,31H,13H2,(H,26,27,28)/t19-,21+/m0/s1. The summed E-state index contributed by atoms with van der Waals surface area (Å²) < 4.78 is 20.7. The van der Waals surface area contributed by atoms with Gasteiger partial charge in [0.05, 0.1) is 17.8 Å². The number of halogens is 1. The van der Waals surface area contributed by atoms with Gasteiger partial charge in [0.25, 0.3) is 0 Å². The van der Waals surface area contributed by atoms with E-state index in [-0.39, 0.29) is 11.9 Å². The molecule has 1 aliphatic rings. The molecule has 0 unspecified atom stereocenters. The van der Waals surface area contributed by atoms with Gasteiger partial charge < -0.3 is 14.8 Å². The smallest absolute Gasteiger partial charge is 0.306 e. The van der Waals surface area contributed by atoms with E-state index in [1.807, 2.05) is 24.3 Å². The Kier molecular flexibility index (Phi) is 4.26. The van der Waals surface area contributed by atoms with Crippen LogP contribution >= 0.6 is 0 Å². The number of aliphatic hydroxyl groups excluding tert-OH is 1. The molecule has 3 aromatic heterocycles. The summed E-state index contributed by atoms with van der Waals surface area (Å²) in [5.41, 5.74) is 4.86. The molecule has 158 valence electrons. The van der Waals surface area contributed by atoms with Crippen LogP contribution in [0.5, 0.6) is 0 Å². The Hall–Kier alpha value is -4.04. The summed E-state index contributed by atoms with van der Waals surface area (Å²) in [6, 6.07) is 15.6. The van der Waals surface area contributed by atoms with E-state index >= 15 is 0 Å². The van der Waals surface area contributed by atoms with E-state index in [9.17, 15) is 9.50 Å². The molecule has 1 aliphatic carbocycles. The first-order chi connectivity index (χ1) is 15.7. The molecule has 0 aliphatic heterocycles. The van der Waals surface area contributed by atoms with Crippen LogP contribution in [-0.4, -0.2) is 30.6 Å². The normalized spacial score (nSPS) is 17.6. The number of imidazole rings is 1. The van der Waals surface area contributed by atoms with Crippen molar-refractivity contribution in [2.75, 3.05) is 5.32 Å². The molecule has 2 atom stereocenters. The molecule has 8 heteroatoms. The van der Waals surface area contributed by atoms with Crippen LogP contribution in [0.1, 0.15) is 17.2 Å². The third-order valence-electron chi connectivity index (χ3n) is 5.77. The van der Waals surface area contributed by atoms with Gasteiger partial charge in [-0.3, -0.25) is 4.40 Å². The minimum Gasteiger partial charge on any atom is -0.432 e. The lowest BCUT2D eigenvalue weighted by Crippen LogP contribution is -2.22. The average molecular weight is 427 g/mol. The number of aliphatic hydroxyl groups is 1. The quantitative estimate of drug-likeness (QED) is 0.446. The average Bonchev–Trinajstić information content (AvgIpc) is 3.48. The third kappa shape index (κ3) is 3.04. The summed E-state index contributed by atoms with van der Waals surface area (Å²) in [7, 11) is 0. The Balaban J connectivity index is 1.42. The zero-order chi connectivity index (χ0) is 21.7. The van der Waals surface area contributed by atoms with Crippen molar-refractivity contribution in [3.05, 3.63) is 90.2 Å². The van der Waals surface area contributed by atoms with Gasteiger partial charge in [-0.25, -0.2) is 14.4 Å². The first kappa shape index (κ1) is 18.7. The second kappa shape index (κ2) is 7.28. The van der Waals surface area contributed by atoms with Gasteiger partial charge in [0, 0.05) is 24.4 Å². The van der Waals surface area contributed by atoms with Crippen molar-refractivity contribution in [1.29, 1.82) is 0 Å². The molecule has 0 fully saturated rings. The fourth-order valence-corrected chi connectivity index (χ4v) is 4.29. The van der Waals surface area contributed by atoms with E-state index in [2.05, 4.69) is 15.3 Å². The maximum absolute atomic E-state index is 13.5. The van der Waals surface area contributed by atoms with Crippen molar-refractivity contribution < 1.29 is 13.9 Å². The zero-order valence-electron chi connectivity index (χ0n) is 16.8. The number of hydrogen-bond acceptors (Lipinski definition) is 6. The lowest BCUT2D eigenvalue weighted by atomic mass is 10.1. The molecule has 0 radical (unpaired) electrons. The summed E-state index contributed by atoms with van der Waals surface area (Å²) in [6.45, 7) is 0. The van der Waals surface area contributed by atoms with Crippen molar-refractivity contribution in [3.8, 4) is 22.6 Å². The molecule has 2 N–H and O–H groups in total. The van der Waals surface area contributed by atoms with Crippen LogP contribution in [0.2, 0.25) is 0 Å². The predicted molar refractivity (Wildman–Crippen MR) is 116 cm³/mol. The highest BCUT2D eigenvalue weighted by Crippen LogP contribution is 2.35. The second-order valence-electron chi connectivity index (χ2n) is 7.73. The largest absolute Gasteiger partial charge is 0.432 e. The van der Waals surface area contributed by atoms with Gasteiger partial charge in [-0.2, -0.15) is 4.98 Å². The number of oxazole rings is 1. The van der Waals surface area contributed by atoms with Gasteiger partial charge in [0.15, 0.2) is 0 Å². The predicted octanol–water partition coefficient (Wildman–Crippen LogP) is 4.26. The highest BCUT2D eigenvalue weighted by Gasteiger charge is 2.31. The first-order valence-electron chi connectivity index (χ1n) is 10.2. The first-order valence-corrected chi connectivity index (χ1v) is 10.2. The highest BCUT2D eigenvalue weighted by molar-refractivity contribution is 5.79.